The van der Waals surface area contributed by atoms with Gasteiger partial charge in [-0.15, -0.1) is 0 Å². The minimum atomic E-state index is 0.500. The van der Waals surface area contributed by atoms with Crippen molar-refractivity contribution in [1.29, 1.82) is 5.26 Å². The van der Waals surface area contributed by atoms with Crippen molar-refractivity contribution in [2.75, 3.05) is 6.61 Å². The number of rotatable bonds is 6. The molecule has 0 amide bonds. The van der Waals surface area contributed by atoms with Gasteiger partial charge in [-0.1, -0.05) is 48.5 Å². The summed E-state index contributed by atoms with van der Waals surface area (Å²) in [7, 11) is 0. The van der Waals surface area contributed by atoms with Gasteiger partial charge >= 0.3 is 0 Å². The van der Waals surface area contributed by atoms with E-state index in [2.05, 4.69) is 38.9 Å². The molecule has 0 radical (unpaired) electrons. The molecule has 3 aromatic carbocycles. The maximum Gasteiger partial charge on any atom is 0.149 e. The van der Waals surface area contributed by atoms with Crippen LogP contribution in [-0.4, -0.2) is 21.1 Å². The Hall–Kier alpha value is -4.30. The molecule has 150 valence electrons. The third-order valence-electron chi connectivity index (χ3n) is 5.23. The molecule has 5 heteroatoms. The second kappa shape index (κ2) is 8.21. The molecule has 0 saturated heterocycles. The molecule has 5 aromatic rings. The summed E-state index contributed by atoms with van der Waals surface area (Å²) in [5.41, 5.74) is 4.34. The molecule has 1 N–H and O–H groups in total. The number of aromatic nitrogens is 3. The minimum absolute atomic E-state index is 0.500. The van der Waals surface area contributed by atoms with E-state index in [1.807, 2.05) is 72.8 Å². The smallest absolute Gasteiger partial charge is 0.149 e. The van der Waals surface area contributed by atoms with Crippen LogP contribution >= 0.6 is 0 Å². The highest BCUT2D eigenvalue weighted by atomic mass is 16.5. The van der Waals surface area contributed by atoms with Gasteiger partial charge < -0.3 is 14.3 Å². The fourth-order valence-corrected chi connectivity index (χ4v) is 3.74. The lowest BCUT2D eigenvalue weighted by Crippen LogP contribution is -2.07. The van der Waals surface area contributed by atoms with Gasteiger partial charge in [0.15, 0.2) is 0 Å². The summed E-state index contributed by atoms with van der Waals surface area (Å²) in [4.78, 5) is 7.82. The van der Waals surface area contributed by atoms with Crippen LogP contribution in [0.5, 0.6) is 5.75 Å². The van der Waals surface area contributed by atoms with Crippen LogP contribution in [0.3, 0.4) is 0 Å². The molecular formula is C26H20N4O. The number of hydrogen-bond acceptors (Lipinski definition) is 3. The maximum atomic E-state index is 9.81. The SMILES string of the molecule is N#CC(=Cc1cn(CCOc2ccccc2)c2ccccc12)c1nc2ccccc2[nH]1. The molecule has 2 heterocycles. The van der Waals surface area contributed by atoms with Gasteiger partial charge in [-0.3, -0.25) is 0 Å². The van der Waals surface area contributed by atoms with Gasteiger partial charge in [0, 0.05) is 22.7 Å². The number of nitrogens with zero attached hydrogens (tertiary/aromatic N) is 3. The van der Waals surface area contributed by atoms with Crippen molar-refractivity contribution in [1.82, 2.24) is 14.5 Å². The number of hydrogen-bond donors (Lipinski definition) is 1. The highest BCUT2D eigenvalue weighted by Gasteiger charge is 2.11. The zero-order valence-corrected chi connectivity index (χ0v) is 16.8. The Morgan fingerprint density at radius 1 is 1.00 bits per heavy atom. The van der Waals surface area contributed by atoms with E-state index in [0.29, 0.717) is 24.5 Å². The molecule has 0 aliphatic heterocycles. The Labute approximate surface area is 179 Å². The number of nitriles is 1. The number of benzene rings is 3. The Morgan fingerprint density at radius 2 is 1.77 bits per heavy atom. The molecule has 5 rings (SSSR count). The number of aromatic amines is 1. The summed E-state index contributed by atoms with van der Waals surface area (Å²) in [6.07, 6.45) is 3.97. The van der Waals surface area contributed by atoms with Crippen LogP contribution < -0.4 is 4.74 Å². The first kappa shape index (κ1) is 18.7. The summed E-state index contributed by atoms with van der Waals surface area (Å²) in [6, 6.07) is 28.1. The number of H-pyrrole nitrogens is 1. The average Bonchev–Trinajstić information content (AvgIpc) is 3.40. The Balaban J connectivity index is 1.47. The van der Waals surface area contributed by atoms with E-state index in [4.69, 9.17) is 4.74 Å². The molecule has 0 aliphatic carbocycles. The van der Waals surface area contributed by atoms with Gasteiger partial charge in [-0.25, -0.2) is 4.98 Å². The third kappa shape index (κ3) is 3.79. The van der Waals surface area contributed by atoms with E-state index < -0.39 is 0 Å². The van der Waals surface area contributed by atoms with Crippen molar-refractivity contribution in [3.63, 3.8) is 0 Å². The number of para-hydroxylation sites is 4. The van der Waals surface area contributed by atoms with Crippen LogP contribution in [-0.2, 0) is 6.54 Å². The predicted octanol–water partition coefficient (Wildman–Crippen LogP) is 5.66. The van der Waals surface area contributed by atoms with E-state index >= 15 is 0 Å². The molecule has 0 saturated carbocycles. The molecule has 31 heavy (non-hydrogen) atoms. The van der Waals surface area contributed by atoms with Gasteiger partial charge in [-0.2, -0.15) is 5.26 Å². The molecule has 0 aliphatic rings. The Morgan fingerprint density at radius 3 is 2.61 bits per heavy atom. The first-order chi connectivity index (χ1) is 15.3. The Bertz CT molecular complexity index is 1390. The van der Waals surface area contributed by atoms with Crippen molar-refractivity contribution in [2.45, 2.75) is 6.54 Å². The van der Waals surface area contributed by atoms with Crippen molar-refractivity contribution >= 4 is 33.6 Å². The third-order valence-corrected chi connectivity index (χ3v) is 5.23. The summed E-state index contributed by atoms with van der Waals surface area (Å²) in [5, 5.41) is 10.9. The molecule has 0 bridgehead atoms. The highest BCUT2D eigenvalue weighted by molar-refractivity contribution is 5.98. The highest BCUT2D eigenvalue weighted by Crippen LogP contribution is 2.26. The van der Waals surface area contributed by atoms with Crippen LogP contribution in [0, 0.1) is 11.3 Å². The summed E-state index contributed by atoms with van der Waals surface area (Å²) in [6.45, 7) is 1.26. The van der Waals surface area contributed by atoms with Crippen molar-refractivity contribution in [3.8, 4) is 11.8 Å². The summed E-state index contributed by atoms with van der Waals surface area (Å²) in [5.74, 6) is 1.43. The lowest BCUT2D eigenvalue weighted by molar-refractivity contribution is 0.300. The maximum absolute atomic E-state index is 9.81. The zero-order valence-electron chi connectivity index (χ0n) is 16.8. The van der Waals surface area contributed by atoms with Gasteiger partial charge in [0.2, 0.25) is 0 Å². The molecule has 5 nitrogen and oxygen atoms in total. The quantitative estimate of drug-likeness (QED) is 0.371. The number of allylic oxidation sites excluding steroid dienone is 1. The normalized spacial score (nSPS) is 11.6. The van der Waals surface area contributed by atoms with E-state index in [-0.39, 0.29) is 0 Å². The number of nitrogens with one attached hydrogen (secondary N) is 1. The first-order valence-electron chi connectivity index (χ1n) is 10.1. The van der Waals surface area contributed by atoms with Crippen LogP contribution in [0.15, 0.2) is 85.1 Å². The molecular weight excluding hydrogens is 384 g/mol. The largest absolute Gasteiger partial charge is 0.492 e. The lowest BCUT2D eigenvalue weighted by Gasteiger charge is -2.08. The second-order valence-corrected chi connectivity index (χ2v) is 7.23. The monoisotopic (exact) mass is 404 g/mol. The van der Waals surface area contributed by atoms with Crippen LogP contribution in [0.25, 0.3) is 33.6 Å². The van der Waals surface area contributed by atoms with Gasteiger partial charge in [0.05, 0.1) is 23.2 Å². The van der Waals surface area contributed by atoms with E-state index in [9.17, 15) is 5.26 Å². The van der Waals surface area contributed by atoms with E-state index in [1.54, 1.807) is 0 Å². The van der Waals surface area contributed by atoms with Gasteiger partial charge in [0.25, 0.3) is 0 Å². The second-order valence-electron chi connectivity index (χ2n) is 7.23. The van der Waals surface area contributed by atoms with Gasteiger partial charge in [-0.05, 0) is 36.4 Å². The zero-order chi connectivity index (χ0) is 21.0. The molecule has 0 atom stereocenters. The summed E-state index contributed by atoms with van der Waals surface area (Å²) >= 11 is 0. The van der Waals surface area contributed by atoms with Crippen molar-refractivity contribution in [2.24, 2.45) is 0 Å². The number of ether oxygens (including phenoxy) is 1. The minimum Gasteiger partial charge on any atom is -0.492 e. The molecule has 0 fully saturated rings. The standard InChI is InChI=1S/C26H20N4O/c27-17-19(26-28-23-11-5-6-12-24(23)29-26)16-20-18-30(25-13-7-4-10-22(20)25)14-15-31-21-8-2-1-3-9-21/h1-13,16,18H,14-15H2,(H,28,29). The fraction of sp³-hybridized carbons (Fsp3) is 0.0769. The molecule has 2 aromatic heterocycles. The number of fused-ring (bicyclic) bond motifs is 2. The molecule has 0 unspecified atom stereocenters. The van der Waals surface area contributed by atoms with Crippen molar-refractivity contribution < 1.29 is 4.74 Å². The fourth-order valence-electron chi connectivity index (χ4n) is 3.74. The molecule has 0 spiro atoms. The lowest BCUT2D eigenvalue weighted by atomic mass is 10.1. The topological polar surface area (TPSA) is 66.6 Å². The van der Waals surface area contributed by atoms with E-state index in [0.717, 1.165) is 33.2 Å². The number of imidazole rings is 1. The van der Waals surface area contributed by atoms with Gasteiger partial charge in [0.1, 0.15) is 24.3 Å². The first-order valence-corrected chi connectivity index (χ1v) is 10.1. The van der Waals surface area contributed by atoms with Crippen molar-refractivity contribution in [3.05, 3.63) is 96.4 Å². The predicted molar refractivity (Wildman–Crippen MR) is 123 cm³/mol. The average molecular weight is 404 g/mol. The van der Waals surface area contributed by atoms with E-state index in [1.165, 1.54) is 0 Å². The van der Waals surface area contributed by atoms with Crippen LogP contribution in [0.1, 0.15) is 11.4 Å². The Kier molecular flexibility index (Phi) is 4.96. The van der Waals surface area contributed by atoms with Crippen LogP contribution in [0.4, 0.5) is 0 Å². The summed E-state index contributed by atoms with van der Waals surface area (Å²) < 4.78 is 8.03. The van der Waals surface area contributed by atoms with Crippen LogP contribution in [0.2, 0.25) is 0 Å².